The number of nitrogens with zero attached hydrogens (tertiary/aromatic N) is 4. The van der Waals surface area contributed by atoms with Gasteiger partial charge in [-0.25, -0.2) is 4.39 Å². The lowest BCUT2D eigenvalue weighted by atomic mass is 10.2. The highest BCUT2D eigenvalue weighted by molar-refractivity contribution is 5.60. The SMILES string of the molecule is CCN(CC)c1ccc(Nc2cnnc(NCc3ccc(F)cc3)n2)cc1. The minimum atomic E-state index is -0.255. The van der Waals surface area contributed by atoms with Gasteiger partial charge >= 0.3 is 0 Å². The Morgan fingerprint density at radius 2 is 1.67 bits per heavy atom. The number of hydrogen-bond acceptors (Lipinski definition) is 6. The fourth-order valence-electron chi connectivity index (χ4n) is 2.71. The van der Waals surface area contributed by atoms with Crippen LogP contribution in [-0.2, 0) is 6.54 Å². The highest BCUT2D eigenvalue weighted by Gasteiger charge is 2.04. The minimum absolute atomic E-state index is 0.255. The van der Waals surface area contributed by atoms with Crippen molar-refractivity contribution in [2.75, 3.05) is 28.6 Å². The van der Waals surface area contributed by atoms with Gasteiger partial charge in [0.1, 0.15) is 5.82 Å². The van der Waals surface area contributed by atoms with E-state index in [1.807, 2.05) is 12.1 Å². The highest BCUT2D eigenvalue weighted by atomic mass is 19.1. The lowest BCUT2D eigenvalue weighted by molar-refractivity contribution is 0.627. The van der Waals surface area contributed by atoms with Gasteiger partial charge in [-0.1, -0.05) is 12.1 Å². The van der Waals surface area contributed by atoms with Gasteiger partial charge in [0.15, 0.2) is 5.82 Å². The normalized spacial score (nSPS) is 10.5. The molecule has 0 atom stereocenters. The van der Waals surface area contributed by atoms with Gasteiger partial charge in [0, 0.05) is 31.0 Å². The standard InChI is InChI=1S/C20H23FN6/c1-3-27(4-2)18-11-9-17(10-12-18)24-19-14-23-26-20(25-19)22-13-15-5-7-16(21)8-6-15/h5-12,14H,3-4,13H2,1-2H3,(H2,22,24,25,26). The van der Waals surface area contributed by atoms with Crippen molar-refractivity contribution >= 4 is 23.1 Å². The van der Waals surface area contributed by atoms with Crippen LogP contribution in [0.15, 0.2) is 54.7 Å². The zero-order chi connectivity index (χ0) is 19.1. The Bertz CT molecular complexity index is 847. The van der Waals surface area contributed by atoms with Crippen molar-refractivity contribution in [1.29, 1.82) is 0 Å². The molecule has 0 unspecified atom stereocenters. The number of halogens is 1. The molecule has 3 aromatic rings. The fourth-order valence-corrected chi connectivity index (χ4v) is 2.71. The van der Waals surface area contributed by atoms with E-state index in [4.69, 9.17) is 0 Å². The van der Waals surface area contributed by atoms with E-state index >= 15 is 0 Å². The quantitative estimate of drug-likeness (QED) is 0.622. The van der Waals surface area contributed by atoms with Crippen LogP contribution in [-0.4, -0.2) is 28.3 Å². The van der Waals surface area contributed by atoms with Gasteiger partial charge in [-0.05, 0) is 55.8 Å². The third kappa shape index (κ3) is 5.13. The summed E-state index contributed by atoms with van der Waals surface area (Å²) in [6.45, 7) is 6.72. The third-order valence-electron chi connectivity index (χ3n) is 4.19. The average molecular weight is 366 g/mol. The Morgan fingerprint density at radius 1 is 0.963 bits per heavy atom. The first-order valence-corrected chi connectivity index (χ1v) is 8.98. The maximum absolute atomic E-state index is 13.0. The zero-order valence-electron chi connectivity index (χ0n) is 15.5. The van der Waals surface area contributed by atoms with E-state index in [0.717, 1.165) is 24.3 Å². The molecule has 3 rings (SSSR count). The van der Waals surface area contributed by atoms with Crippen molar-refractivity contribution in [3.8, 4) is 0 Å². The highest BCUT2D eigenvalue weighted by Crippen LogP contribution is 2.20. The van der Waals surface area contributed by atoms with E-state index in [2.05, 4.69) is 56.7 Å². The Labute approximate surface area is 158 Å². The molecule has 0 aliphatic carbocycles. The summed E-state index contributed by atoms with van der Waals surface area (Å²) >= 11 is 0. The van der Waals surface area contributed by atoms with Crippen LogP contribution in [0.3, 0.4) is 0 Å². The van der Waals surface area contributed by atoms with Crippen molar-refractivity contribution in [3.05, 3.63) is 66.1 Å². The summed E-state index contributed by atoms with van der Waals surface area (Å²) < 4.78 is 13.0. The Kier molecular flexibility index (Phi) is 6.14. The molecule has 2 aromatic carbocycles. The van der Waals surface area contributed by atoms with E-state index < -0.39 is 0 Å². The summed E-state index contributed by atoms with van der Waals surface area (Å²) in [4.78, 5) is 6.70. The lowest BCUT2D eigenvalue weighted by Gasteiger charge is -2.21. The van der Waals surface area contributed by atoms with Gasteiger partial charge in [-0.15, -0.1) is 5.10 Å². The number of rotatable bonds is 8. The van der Waals surface area contributed by atoms with E-state index in [1.54, 1.807) is 18.3 Å². The largest absolute Gasteiger partial charge is 0.372 e. The molecule has 7 heteroatoms. The average Bonchev–Trinajstić information content (AvgIpc) is 2.70. The lowest BCUT2D eigenvalue weighted by Crippen LogP contribution is -2.21. The van der Waals surface area contributed by atoms with Gasteiger partial charge in [0.2, 0.25) is 5.95 Å². The molecule has 2 N–H and O–H groups in total. The molecule has 0 fully saturated rings. The number of nitrogens with one attached hydrogen (secondary N) is 2. The Hall–Kier alpha value is -3.22. The molecule has 27 heavy (non-hydrogen) atoms. The second-order valence-corrected chi connectivity index (χ2v) is 5.99. The summed E-state index contributed by atoms with van der Waals surface area (Å²) in [6.07, 6.45) is 1.57. The number of aromatic nitrogens is 3. The van der Waals surface area contributed by atoms with Crippen molar-refractivity contribution in [1.82, 2.24) is 15.2 Å². The van der Waals surface area contributed by atoms with Gasteiger partial charge in [0.05, 0.1) is 6.20 Å². The van der Waals surface area contributed by atoms with Crippen molar-refractivity contribution in [2.45, 2.75) is 20.4 Å². The first kappa shape index (κ1) is 18.6. The van der Waals surface area contributed by atoms with Crippen LogP contribution < -0.4 is 15.5 Å². The zero-order valence-corrected chi connectivity index (χ0v) is 15.5. The molecule has 0 bridgehead atoms. The number of benzene rings is 2. The second kappa shape index (κ2) is 8.93. The molecular weight excluding hydrogens is 343 g/mol. The summed E-state index contributed by atoms with van der Waals surface area (Å²) in [7, 11) is 0. The predicted molar refractivity (Wildman–Crippen MR) is 107 cm³/mol. The van der Waals surface area contributed by atoms with Crippen molar-refractivity contribution in [3.63, 3.8) is 0 Å². The second-order valence-electron chi connectivity index (χ2n) is 5.99. The van der Waals surface area contributed by atoms with Crippen LogP contribution in [0.2, 0.25) is 0 Å². The molecule has 1 heterocycles. The molecule has 0 saturated carbocycles. The maximum atomic E-state index is 13.0. The summed E-state index contributed by atoms with van der Waals surface area (Å²) in [5.74, 6) is 0.751. The summed E-state index contributed by atoms with van der Waals surface area (Å²) in [5, 5.41) is 14.3. The Morgan fingerprint density at radius 3 is 2.33 bits per heavy atom. The van der Waals surface area contributed by atoms with Crippen LogP contribution in [0.25, 0.3) is 0 Å². The van der Waals surface area contributed by atoms with E-state index in [9.17, 15) is 4.39 Å². The topological polar surface area (TPSA) is 66.0 Å². The monoisotopic (exact) mass is 366 g/mol. The number of anilines is 4. The fraction of sp³-hybridized carbons (Fsp3) is 0.250. The van der Waals surface area contributed by atoms with Gasteiger partial charge in [-0.3, -0.25) is 0 Å². The molecule has 0 radical (unpaired) electrons. The van der Waals surface area contributed by atoms with Crippen LogP contribution >= 0.6 is 0 Å². The van der Waals surface area contributed by atoms with Gasteiger partial charge < -0.3 is 15.5 Å². The smallest absolute Gasteiger partial charge is 0.244 e. The minimum Gasteiger partial charge on any atom is -0.372 e. The van der Waals surface area contributed by atoms with Crippen LogP contribution in [0, 0.1) is 5.82 Å². The predicted octanol–water partition coefficient (Wildman–Crippen LogP) is 4.21. The molecule has 0 saturated heterocycles. The van der Waals surface area contributed by atoms with E-state index in [-0.39, 0.29) is 5.82 Å². The Balaban J connectivity index is 1.62. The van der Waals surface area contributed by atoms with Crippen LogP contribution in [0.1, 0.15) is 19.4 Å². The molecule has 0 spiro atoms. The summed E-state index contributed by atoms with van der Waals surface area (Å²) in [6, 6.07) is 14.5. The van der Waals surface area contributed by atoms with Gasteiger partial charge in [-0.2, -0.15) is 10.1 Å². The molecule has 0 amide bonds. The molecule has 140 valence electrons. The van der Waals surface area contributed by atoms with Gasteiger partial charge in [0.25, 0.3) is 0 Å². The summed E-state index contributed by atoms with van der Waals surface area (Å²) in [5.41, 5.74) is 3.05. The first-order chi connectivity index (χ1) is 13.2. The van der Waals surface area contributed by atoms with E-state index in [1.165, 1.54) is 17.8 Å². The van der Waals surface area contributed by atoms with Crippen molar-refractivity contribution in [2.24, 2.45) is 0 Å². The third-order valence-corrected chi connectivity index (χ3v) is 4.19. The first-order valence-electron chi connectivity index (χ1n) is 8.98. The molecular formula is C20H23FN6. The molecule has 1 aromatic heterocycles. The van der Waals surface area contributed by atoms with Crippen molar-refractivity contribution < 1.29 is 4.39 Å². The van der Waals surface area contributed by atoms with Crippen LogP contribution in [0.4, 0.5) is 27.5 Å². The van der Waals surface area contributed by atoms with E-state index in [0.29, 0.717) is 18.3 Å². The molecule has 6 nitrogen and oxygen atoms in total. The van der Waals surface area contributed by atoms with Crippen LogP contribution in [0.5, 0.6) is 0 Å². The molecule has 0 aliphatic rings. The number of hydrogen-bond donors (Lipinski definition) is 2. The molecule has 0 aliphatic heterocycles. The maximum Gasteiger partial charge on any atom is 0.244 e.